The van der Waals surface area contributed by atoms with Crippen LogP contribution < -0.4 is 10.2 Å². The number of benzene rings is 2. The van der Waals surface area contributed by atoms with E-state index < -0.39 is 10.0 Å². The van der Waals surface area contributed by atoms with Gasteiger partial charge in [0.1, 0.15) is 0 Å². The van der Waals surface area contributed by atoms with Crippen LogP contribution in [-0.4, -0.2) is 56.5 Å². The van der Waals surface area contributed by atoms with Gasteiger partial charge >= 0.3 is 0 Å². The van der Waals surface area contributed by atoms with Crippen molar-refractivity contribution in [2.75, 3.05) is 36.8 Å². The first kappa shape index (κ1) is 20.2. The SMILES string of the molecule is O=C1CN(S(=O)(=O)c2cccc(C(=O)N3CCSc4ccc(Cl)cc43)c2)CCN1. The summed E-state index contributed by atoms with van der Waals surface area (Å²) in [6.07, 6.45) is 0. The lowest BCUT2D eigenvalue weighted by Gasteiger charge is -2.29. The van der Waals surface area contributed by atoms with E-state index in [2.05, 4.69) is 5.32 Å². The van der Waals surface area contributed by atoms with Crippen LogP contribution in [0.3, 0.4) is 0 Å². The summed E-state index contributed by atoms with van der Waals surface area (Å²) < 4.78 is 27.0. The molecule has 1 saturated heterocycles. The number of hydrogen-bond donors (Lipinski definition) is 1. The number of hydrogen-bond acceptors (Lipinski definition) is 5. The predicted octanol–water partition coefficient (Wildman–Crippen LogP) is 2.21. The number of nitrogens with zero attached hydrogens (tertiary/aromatic N) is 2. The van der Waals surface area contributed by atoms with E-state index in [1.54, 1.807) is 40.9 Å². The highest BCUT2D eigenvalue weighted by Gasteiger charge is 2.30. The Morgan fingerprint density at radius 3 is 2.76 bits per heavy atom. The van der Waals surface area contributed by atoms with E-state index in [9.17, 15) is 18.0 Å². The monoisotopic (exact) mass is 451 g/mol. The maximum absolute atomic E-state index is 13.2. The van der Waals surface area contributed by atoms with Gasteiger partial charge in [-0.25, -0.2) is 8.42 Å². The molecule has 29 heavy (non-hydrogen) atoms. The Morgan fingerprint density at radius 1 is 1.14 bits per heavy atom. The summed E-state index contributed by atoms with van der Waals surface area (Å²) in [6, 6.07) is 11.4. The zero-order valence-corrected chi connectivity index (χ0v) is 17.7. The van der Waals surface area contributed by atoms with Crippen LogP contribution in [0.1, 0.15) is 10.4 Å². The first-order valence-electron chi connectivity index (χ1n) is 8.97. The zero-order chi connectivity index (χ0) is 20.6. The van der Waals surface area contributed by atoms with Gasteiger partial charge in [0.15, 0.2) is 0 Å². The lowest BCUT2D eigenvalue weighted by Crippen LogP contribution is -2.49. The second kappa shape index (κ2) is 7.98. The van der Waals surface area contributed by atoms with Crippen molar-refractivity contribution in [1.29, 1.82) is 0 Å². The van der Waals surface area contributed by atoms with Crippen molar-refractivity contribution >= 4 is 50.9 Å². The molecule has 10 heteroatoms. The van der Waals surface area contributed by atoms with Crippen molar-refractivity contribution in [3.05, 3.63) is 53.1 Å². The summed E-state index contributed by atoms with van der Waals surface area (Å²) in [7, 11) is -3.87. The molecule has 7 nitrogen and oxygen atoms in total. The molecule has 2 aliphatic rings. The van der Waals surface area contributed by atoms with Gasteiger partial charge in [0, 0.05) is 40.9 Å². The van der Waals surface area contributed by atoms with Crippen LogP contribution >= 0.6 is 23.4 Å². The van der Waals surface area contributed by atoms with Crippen molar-refractivity contribution in [3.63, 3.8) is 0 Å². The second-order valence-electron chi connectivity index (χ2n) is 6.63. The lowest BCUT2D eigenvalue weighted by molar-refractivity contribution is -0.122. The number of amides is 2. The quantitative estimate of drug-likeness (QED) is 0.773. The fourth-order valence-electron chi connectivity index (χ4n) is 3.32. The third-order valence-corrected chi connectivity index (χ3v) is 7.87. The number of anilines is 1. The number of thioether (sulfide) groups is 1. The highest BCUT2D eigenvalue weighted by atomic mass is 35.5. The molecule has 4 rings (SSSR count). The first-order chi connectivity index (χ1) is 13.9. The van der Waals surface area contributed by atoms with Crippen LogP contribution in [0.25, 0.3) is 0 Å². The van der Waals surface area contributed by atoms with Crippen LogP contribution in [-0.2, 0) is 14.8 Å². The highest BCUT2D eigenvalue weighted by molar-refractivity contribution is 7.99. The van der Waals surface area contributed by atoms with Gasteiger partial charge < -0.3 is 10.2 Å². The molecule has 0 radical (unpaired) electrons. The summed E-state index contributed by atoms with van der Waals surface area (Å²) in [5, 5.41) is 3.13. The average molecular weight is 452 g/mol. The summed E-state index contributed by atoms with van der Waals surface area (Å²) in [6.45, 7) is 0.733. The van der Waals surface area contributed by atoms with Crippen LogP contribution in [0, 0.1) is 0 Å². The van der Waals surface area contributed by atoms with E-state index in [0.717, 1.165) is 20.6 Å². The molecule has 2 amide bonds. The predicted molar refractivity (Wildman–Crippen MR) is 112 cm³/mol. The molecule has 2 aromatic carbocycles. The Hall–Kier alpha value is -2.07. The summed E-state index contributed by atoms with van der Waals surface area (Å²) in [5.41, 5.74) is 0.991. The summed E-state index contributed by atoms with van der Waals surface area (Å²) in [5.74, 6) is 0.106. The Morgan fingerprint density at radius 2 is 1.97 bits per heavy atom. The van der Waals surface area contributed by atoms with Crippen molar-refractivity contribution in [2.24, 2.45) is 0 Å². The molecule has 1 N–H and O–H groups in total. The normalized spacial score (nSPS) is 17.6. The van der Waals surface area contributed by atoms with E-state index in [1.807, 2.05) is 6.07 Å². The topological polar surface area (TPSA) is 86.8 Å². The Bertz CT molecular complexity index is 1090. The van der Waals surface area contributed by atoms with Gasteiger partial charge in [0.25, 0.3) is 5.91 Å². The van der Waals surface area contributed by atoms with Crippen molar-refractivity contribution in [3.8, 4) is 0 Å². The molecular weight excluding hydrogens is 434 g/mol. The third kappa shape index (κ3) is 4.00. The Labute approximate surface area is 178 Å². The molecule has 0 atom stereocenters. The Balaban J connectivity index is 1.65. The van der Waals surface area contributed by atoms with Crippen molar-refractivity contribution in [2.45, 2.75) is 9.79 Å². The number of carbonyl (C=O) groups is 2. The van der Waals surface area contributed by atoms with E-state index >= 15 is 0 Å². The van der Waals surface area contributed by atoms with Crippen molar-refractivity contribution in [1.82, 2.24) is 9.62 Å². The van der Waals surface area contributed by atoms with E-state index in [1.165, 1.54) is 12.1 Å². The van der Waals surface area contributed by atoms with Gasteiger partial charge in [-0.05, 0) is 36.4 Å². The minimum Gasteiger partial charge on any atom is -0.354 e. The van der Waals surface area contributed by atoms with Crippen LogP contribution in [0.15, 0.2) is 52.3 Å². The van der Waals surface area contributed by atoms with Crippen molar-refractivity contribution < 1.29 is 18.0 Å². The van der Waals surface area contributed by atoms with Gasteiger partial charge in [-0.3, -0.25) is 9.59 Å². The molecule has 0 aromatic heterocycles. The molecule has 0 saturated carbocycles. The van der Waals surface area contributed by atoms with Crippen LogP contribution in [0.2, 0.25) is 5.02 Å². The largest absolute Gasteiger partial charge is 0.354 e. The first-order valence-corrected chi connectivity index (χ1v) is 11.8. The second-order valence-corrected chi connectivity index (χ2v) is 10.1. The number of halogens is 1. The number of piperazine rings is 1. The summed E-state index contributed by atoms with van der Waals surface area (Å²) >= 11 is 7.76. The van der Waals surface area contributed by atoms with Gasteiger partial charge in [-0.2, -0.15) is 4.31 Å². The zero-order valence-electron chi connectivity index (χ0n) is 15.3. The van der Waals surface area contributed by atoms with Crippen LogP contribution in [0.5, 0.6) is 0 Å². The number of sulfonamides is 1. The van der Waals surface area contributed by atoms with Gasteiger partial charge in [0.05, 0.1) is 17.1 Å². The van der Waals surface area contributed by atoms with Gasteiger partial charge in [-0.1, -0.05) is 17.7 Å². The van der Waals surface area contributed by atoms with Gasteiger partial charge in [-0.15, -0.1) is 11.8 Å². The minimum atomic E-state index is -3.87. The number of carbonyl (C=O) groups excluding carboxylic acids is 2. The molecular formula is C19H18ClN3O4S2. The smallest absolute Gasteiger partial charge is 0.258 e. The molecule has 0 aliphatic carbocycles. The Kier molecular flexibility index (Phi) is 5.56. The summed E-state index contributed by atoms with van der Waals surface area (Å²) in [4.78, 5) is 27.3. The molecule has 2 aromatic rings. The molecule has 2 aliphatic heterocycles. The maximum atomic E-state index is 13.2. The van der Waals surface area contributed by atoms with E-state index in [0.29, 0.717) is 11.6 Å². The molecule has 152 valence electrons. The molecule has 0 unspecified atom stereocenters. The van der Waals surface area contributed by atoms with Gasteiger partial charge in [0.2, 0.25) is 15.9 Å². The number of rotatable bonds is 3. The highest BCUT2D eigenvalue weighted by Crippen LogP contribution is 2.37. The standard InChI is InChI=1S/C19H18ClN3O4S2/c20-14-4-5-17-16(11-14)23(8-9-28-17)19(25)13-2-1-3-15(10-13)29(26,27)22-7-6-21-18(24)12-22/h1-5,10-11H,6-9,12H2,(H,21,24). The number of fused-ring (bicyclic) bond motifs is 1. The maximum Gasteiger partial charge on any atom is 0.258 e. The molecule has 1 fully saturated rings. The fraction of sp³-hybridized carbons (Fsp3) is 0.263. The lowest BCUT2D eigenvalue weighted by atomic mass is 10.1. The molecule has 2 heterocycles. The molecule has 0 spiro atoms. The fourth-order valence-corrected chi connectivity index (χ4v) is 5.90. The van der Waals surface area contributed by atoms with E-state index in [4.69, 9.17) is 11.6 Å². The van der Waals surface area contributed by atoms with Crippen LogP contribution in [0.4, 0.5) is 5.69 Å². The average Bonchev–Trinajstić information content (AvgIpc) is 2.73. The van der Waals surface area contributed by atoms with E-state index in [-0.39, 0.29) is 41.9 Å². The minimum absolute atomic E-state index is 0.00393. The molecule has 0 bridgehead atoms. The third-order valence-electron chi connectivity index (χ3n) is 4.75. The number of nitrogens with one attached hydrogen (secondary N) is 1.